The number of carbonyl (C=O) groups is 2. The number of sulfonamides is 1. The van der Waals surface area contributed by atoms with Gasteiger partial charge in [-0.05, 0) is 55.5 Å². The van der Waals surface area contributed by atoms with Crippen molar-refractivity contribution in [2.45, 2.75) is 42.5 Å². The Morgan fingerprint density at radius 2 is 1.58 bits per heavy atom. The van der Waals surface area contributed by atoms with Crippen molar-refractivity contribution in [3.63, 3.8) is 0 Å². The summed E-state index contributed by atoms with van der Waals surface area (Å²) in [6.07, 6.45) is 0.866. The average Bonchev–Trinajstić information content (AvgIpc) is 2.93. The van der Waals surface area contributed by atoms with Crippen LogP contribution in [-0.4, -0.2) is 48.8 Å². The number of amides is 1. The minimum absolute atomic E-state index is 0.111. The summed E-state index contributed by atoms with van der Waals surface area (Å²) in [5, 5.41) is 13.1. The molecule has 9 heteroatoms. The Morgan fingerprint density at radius 1 is 0.974 bits per heavy atom. The average molecular weight is 555 g/mol. The van der Waals surface area contributed by atoms with Crippen molar-refractivity contribution in [3.05, 3.63) is 101 Å². The molecule has 1 amide bonds. The van der Waals surface area contributed by atoms with Crippen LogP contribution in [0.1, 0.15) is 30.9 Å². The SMILES string of the molecule is CC(C(=O)O)C(Cc1ccccc1)NC(=O)C1(c2ccccc2)CCN(S(=O)(=O)c2cccc(Cl)c2)CC1. The van der Waals surface area contributed by atoms with Crippen LogP contribution in [-0.2, 0) is 31.4 Å². The molecule has 0 spiro atoms. The lowest BCUT2D eigenvalue weighted by molar-refractivity contribution is -0.142. The third-order valence-corrected chi connectivity index (χ3v) is 9.51. The van der Waals surface area contributed by atoms with Crippen molar-refractivity contribution in [2.24, 2.45) is 5.92 Å². The van der Waals surface area contributed by atoms with Crippen molar-refractivity contribution in [1.82, 2.24) is 9.62 Å². The highest BCUT2D eigenvalue weighted by Crippen LogP contribution is 2.38. The molecule has 1 saturated heterocycles. The molecule has 1 fully saturated rings. The van der Waals surface area contributed by atoms with Gasteiger partial charge in [0.05, 0.1) is 16.2 Å². The van der Waals surface area contributed by atoms with Gasteiger partial charge in [-0.25, -0.2) is 8.42 Å². The molecule has 1 aliphatic rings. The Labute approximate surface area is 228 Å². The number of nitrogens with zero attached hydrogens (tertiary/aromatic N) is 1. The zero-order valence-electron chi connectivity index (χ0n) is 21.1. The van der Waals surface area contributed by atoms with Gasteiger partial charge in [0.25, 0.3) is 0 Å². The molecule has 3 aromatic rings. The summed E-state index contributed by atoms with van der Waals surface area (Å²) in [6, 6.07) is 24.2. The maximum absolute atomic E-state index is 14.0. The first-order valence-electron chi connectivity index (χ1n) is 12.5. The van der Waals surface area contributed by atoms with Gasteiger partial charge >= 0.3 is 5.97 Å². The third kappa shape index (κ3) is 5.93. The lowest BCUT2D eigenvalue weighted by Crippen LogP contribution is -2.56. The van der Waals surface area contributed by atoms with E-state index in [1.807, 2.05) is 60.7 Å². The van der Waals surface area contributed by atoms with Gasteiger partial charge in [-0.1, -0.05) is 78.3 Å². The molecule has 4 rings (SSSR count). The number of nitrogens with one attached hydrogen (secondary N) is 1. The van der Waals surface area contributed by atoms with Crippen molar-refractivity contribution in [1.29, 1.82) is 0 Å². The lowest BCUT2D eigenvalue weighted by Gasteiger charge is -2.41. The first kappa shape index (κ1) is 27.8. The zero-order chi connectivity index (χ0) is 27.3. The molecule has 2 atom stereocenters. The summed E-state index contributed by atoms with van der Waals surface area (Å²) in [5.41, 5.74) is 0.690. The Bertz CT molecular complexity index is 1370. The molecule has 2 N–H and O–H groups in total. The topological polar surface area (TPSA) is 104 Å². The van der Waals surface area contributed by atoms with Crippen LogP contribution in [0.25, 0.3) is 0 Å². The minimum atomic E-state index is -3.79. The zero-order valence-corrected chi connectivity index (χ0v) is 22.7. The van der Waals surface area contributed by atoms with Crippen LogP contribution in [0.15, 0.2) is 89.8 Å². The van der Waals surface area contributed by atoms with Crippen LogP contribution >= 0.6 is 11.6 Å². The first-order chi connectivity index (χ1) is 18.1. The predicted molar refractivity (Wildman–Crippen MR) is 146 cm³/mol. The monoisotopic (exact) mass is 554 g/mol. The fourth-order valence-electron chi connectivity index (χ4n) is 4.99. The molecule has 3 aromatic carbocycles. The van der Waals surface area contributed by atoms with E-state index in [-0.39, 0.29) is 36.7 Å². The lowest BCUT2D eigenvalue weighted by atomic mass is 9.72. The summed E-state index contributed by atoms with van der Waals surface area (Å²) in [7, 11) is -3.79. The number of aliphatic carboxylic acids is 1. The second-order valence-corrected chi connectivity index (χ2v) is 12.1. The van der Waals surface area contributed by atoms with Crippen molar-refractivity contribution >= 4 is 33.5 Å². The Balaban J connectivity index is 1.61. The molecule has 200 valence electrons. The van der Waals surface area contributed by atoms with E-state index in [2.05, 4.69) is 5.32 Å². The molecule has 1 heterocycles. The van der Waals surface area contributed by atoms with Crippen molar-refractivity contribution in [2.75, 3.05) is 13.1 Å². The van der Waals surface area contributed by atoms with E-state index in [4.69, 9.17) is 11.6 Å². The van der Waals surface area contributed by atoms with Gasteiger partial charge in [0, 0.05) is 24.2 Å². The quantitative estimate of drug-likeness (QED) is 0.405. The fraction of sp³-hybridized carbons (Fsp3) is 0.310. The molecule has 0 saturated carbocycles. The van der Waals surface area contributed by atoms with E-state index in [0.717, 1.165) is 11.1 Å². The summed E-state index contributed by atoms with van der Waals surface area (Å²) in [5.74, 6) is -2.12. The van der Waals surface area contributed by atoms with Gasteiger partial charge in [0.1, 0.15) is 0 Å². The molecule has 7 nitrogen and oxygen atoms in total. The number of carboxylic acid groups (broad SMARTS) is 1. The van der Waals surface area contributed by atoms with E-state index >= 15 is 0 Å². The fourth-order valence-corrected chi connectivity index (χ4v) is 6.73. The van der Waals surface area contributed by atoms with Crippen molar-refractivity contribution in [3.8, 4) is 0 Å². The maximum atomic E-state index is 14.0. The number of hydrogen-bond donors (Lipinski definition) is 2. The van der Waals surface area contributed by atoms with E-state index in [1.165, 1.54) is 16.4 Å². The maximum Gasteiger partial charge on any atom is 0.308 e. The summed E-state index contributed by atoms with van der Waals surface area (Å²) in [4.78, 5) is 26.1. The van der Waals surface area contributed by atoms with Crippen LogP contribution in [0.2, 0.25) is 5.02 Å². The van der Waals surface area contributed by atoms with Gasteiger partial charge in [-0.15, -0.1) is 0 Å². The second kappa shape index (κ2) is 11.7. The Morgan fingerprint density at radius 3 is 2.16 bits per heavy atom. The predicted octanol–water partition coefficient (Wildman–Crippen LogP) is 4.51. The van der Waals surface area contributed by atoms with Gasteiger partial charge in [0.15, 0.2) is 0 Å². The summed E-state index contributed by atoms with van der Waals surface area (Å²) in [6.45, 7) is 1.86. The molecule has 1 aliphatic heterocycles. The van der Waals surface area contributed by atoms with E-state index in [0.29, 0.717) is 11.4 Å². The number of carbonyl (C=O) groups excluding carboxylic acids is 1. The third-order valence-electron chi connectivity index (χ3n) is 7.38. The van der Waals surface area contributed by atoms with Gasteiger partial charge in [0.2, 0.25) is 15.9 Å². The van der Waals surface area contributed by atoms with Crippen LogP contribution < -0.4 is 5.32 Å². The molecular weight excluding hydrogens is 524 g/mol. The minimum Gasteiger partial charge on any atom is -0.481 e. The Hall–Kier alpha value is -3.20. The van der Waals surface area contributed by atoms with Gasteiger partial charge in [-0.2, -0.15) is 4.31 Å². The molecule has 2 unspecified atom stereocenters. The molecule has 0 radical (unpaired) electrons. The van der Waals surface area contributed by atoms with Gasteiger partial charge in [-0.3, -0.25) is 9.59 Å². The number of benzene rings is 3. The van der Waals surface area contributed by atoms with Crippen LogP contribution in [0.5, 0.6) is 0 Å². The second-order valence-electron chi connectivity index (χ2n) is 9.71. The number of hydrogen-bond acceptors (Lipinski definition) is 4. The largest absolute Gasteiger partial charge is 0.481 e. The van der Waals surface area contributed by atoms with Crippen LogP contribution in [0.3, 0.4) is 0 Å². The summed E-state index contributed by atoms with van der Waals surface area (Å²) >= 11 is 6.03. The standard InChI is InChI=1S/C29H31ClN2O5S/c1-21(27(33)34)26(19-22-9-4-2-5-10-22)31-28(35)29(23-11-6-3-7-12-23)15-17-32(18-16-29)38(36,37)25-14-8-13-24(30)20-25/h2-14,20-21,26H,15-19H2,1H3,(H,31,35)(H,33,34). The molecule has 38 heavy (non-hydrogen) atoms. The van der Waals surface area contributed by atoms with E-state index < -0.39 is 33.4 Å². The highest BCUT2D eigenvalue weighted by atomic mass is 35.5. The molecule has 0 bridgehead atoms. The van der Waals surface area contributed by atoms with E-state index in [9.17, 15) is 23.1 Å². The number of rotatable bonds is 9. The van der Waals surface area contributed by atoms with Gasteiger partial charge < -0.3 is 10.4 Å². The number of piperidine rings is 1. The summed E-state index contributed by atoms with van der Waals surface area (Å²) < 4.78 is 28.0. The highest BCUT2D eigenvalue weighted by molar-refractivity contribution is 7.89. The van der Waals surface area contributed by atoms with Crippen LogP contribution in [0.4, 0.5) is 0 Å². The molecular formula is C29H31ClN2O5S. The Kier molecular flexibility index (Phi) is 8.55. The van der Waals surface area contributed by atoms with Crippen molar-refractivity contribution < 1.29 is 23.1 Å². The number of halogens is 1. The highest BCUT2D eigenvalue weighted by Gasteiger charge is 2.46. The van der Waals surface area contributed by atoms with E-state index in [1.54, 1.807) is 19.1 Å². The normalized spacial score (nSPS) is 17.3. The van der Waals surface area contributed by atoms with Crippen LogP contribution in [0, 0.1) is 5.92 Å². The molecule has 0 aromatic heterocycles. The number of carboxylic acids is 1. The first-order valence-corrected chi connectivity index (χ1v) is 14.3. The smallest absolute Gasteiger partial charge is 0.308 e. The molecule has 0 aliphatic carbocycles.